The predicted octanol–water partition coefficient (Wildman–Crippen LogP) is 0.0178. The number of amides is 3. The number of benzene rings is 1. The molecule has 0 saturated heterocycles. The fourth-order valence-corrected chi connectivity index (χ4v) is 3.08. The normalized spacial score (nSPS) is 13.6. The first kappa shape index (κ1) is 28.1. The highest BCUT2D eigenvalue weighted by Crippen LogP contribution is 2.24. The first-order chi connectivity index (χ1) is 15.4. The number of ether oxygens (including phenoxy) is 1. The maximum absolute atomic E-state index is 12.9. The number of carbonyl (C=O) groups excluding carboxylic acids is 3. The Hall–Kier alpha value is -2.89. The molecule has 0 saturated carbocycles. The number of hydrogen-bond acceptors (Lipinski definition) is 7. The van der Waals surface area contributed by atoms with Crippen molar-refractivity contribution in [2.24, 2.45) is 17.4 Å². The van der Waals surface area contributed by atoms with Gasteiger partial charge in [0.15, 0.2) is 0 Å². The average molecular weight is 487 g/mol. The van der Waals surface area contributed by atoms with Gasteiger partial charge in [-0.3, -0.25) is 14.4 Å². The van der Waals surface area contributed by atoms with E-state index >= 15 is 0 Å². The van der Waals surface area contributed by atoms with Gasteiger partial charge in [0.2, 0.25) is 11.8 Å². The molecule has 0 aromatic heterocycles. The number of carboxylic acids is 1. The Kier molecular flexibility index (Phi) is 11.6. The van der Waals surface area contributed by atoms with Crippen LogP contribution in [0.3, 0.4) is 0 Å². The highest BCUT2D eigenvalue weighted by molar-refractivity contribution is 6.30. The fourth-order valence-electron chi connectivity index (χ4n) is 2.92. The van der Waals surface area contributed by atoms with Gasteiger partial charge in [-0.1, -0.05) is 25.4 Å². The summed E-state index contributed by atoms with van der Waals surface area (Å²) in [6.45, 7) is 3.30. The number of aliphatic hydroxyl groups is 1. The van der Waals surface area contributed by atoms with Gasteiger partial charge in [0.1, 0.15) is 24.4 Å². The summed E-state index contributed by atoms with van der Waals surface area (Å²) in [5.41, 5.74) is 11.2. The SMILES string of the molecule is CC(C)C[C@@H](N)COc1cc(Cl)ccc1C(=O)N[C@@H](CCC(N)=O)C(=O)N[C@@H](CO)C(=O)O. The number of aliphatic hydroxyl groups excluding tert-OH is 1. The highest BCUT2D eigenvalue weighted by atomic mass is 35.5. The summed E-state index contributed by atoms with van der Waals surface area (Å²) in [5.74, 6) is -3.30. The lowest BCUT2D eigenvalue weighted by Gasteiger charge is -2.21. The van der Waals surface area contributed by atoms with Gasteiger partial charge < -0.3 is 37.1 Å². The fraction of sp³-hybridized carbons (Fsp3) is 0.524. The van der Waals surface area contributed by atoms with E-state index in [0.717, 1.165) is 0 Å². The topological polar surface area (TPSA) is 194 Å². The van der Waals surface area contributed by atoms with Crippen molar-refractivity contribution in [3.05, 3.63) is 28.8 Å². The van der Waals surface area contributed by atoms with E-state index in [1.54, 1.807) is 0 Å². The van der Waals surface area contributed by atoms with Crippen molar-refractivity contribution < 1.29 is 34.1 Å². The van der Waals surface area contributed by atoms with Crippen LogP contribution < -0.4 is 26.8 Å². The summed E-state index contributed by atoms with van der Waals surface area (Å²) in [5, 5.41) is 23.0. The minimum atomic E-state index is -1.58. The molecular weight excluding hydrogens is 456 g/mol. The third kappa shape index (κ3) is 10.1. The smallest absolute Gasteiger partial charge is 0.328 e. The van der Waals surface area contributed by atoms with Gasteiger partial charge in [0.05, 0.1) is 12.2 Å². The maximum Gasteiger partial charge on any atom is 0.328 e. The zero-order valence-electron chi connectivity index (χ0n) is 18.5. The molecule has 0 fully saturated rings. The van der Waals surface area contributed by atoms with Crippen LogP contribution in [0.2, 0.25) is 5.02 Å². The summed E-state index contributed by atoms with van der Waals surface area (Å²) in [4.78, 5) is 47.7. The number of aliphatic carboxylic acids is 1. The Labute approximate surface area is 196 Å². The van der Waals surface area contributed by atoms with E-state index < -0.39 is 42.4 Å². The van der Waals surface area contributed by atoms with Crippen molar-refractivity contribution in [3.63, 3.8) is 0 Å². The number of nitrogens with one attached hydrogen (secondary N) is 2. The molecule has 1 rings (SSSR count). The van der Waals surface area contributed by atoms with E-state index in [-0.39, 0.29) is 36.8 Å². The van der Waals surface area contributed by atoms with Crippen LogP contribution in [0.15, 0.2) is 18.2 Å². The van der Waals surface area contributed by atoms with Crippen molar-refractivity contribution in [2.45, 2.75) is 51.2 Å². The summed E-state index contributed by atoms with van der Waals surface area (Å²) in [6, 6.07) is 1.14. The number of halogens is 1. The van der Waals surface area contributed by atoms with Crippen LogP contribution in [0.4, 0.5) is 0 Å². The summed E-state index contributed by atoms with van der Waals surface area (Å²) in [7, 11) is 0. The lowest BCUT2D eigenvalue weighted by atomic mass is 10.1. The van der Waals surface area contributed by atoms with E-state index in [2.05, 4.69) is 10.6 Å². The number of nitrogens with two attached hydrogens (primary N) is 2. The monoisotopic (exact) mass is 486 g/mol. The Morgan fingerprint density at radius 3 is 2.36 bits per heavy atom. The van der Waals surface area contributed by atoms with Crippen LogP contribution in [-0.2, 0) is 14.4 Å². The lowest BCUT2D eigenvalue weighted by molar-refractivity contribution is -0.143. The van der Waals surface area contributed by atoms with Crippen LogP contribution in [-0.4, -0.2) is 65.2 Å². The predicted molar refractivity (Wildman–Crippen MR) is 121 cm³/mol. The molecule has 3 atom stereocenters. The highest BCUT2D eigenvalue weighted by Gasteiger charge is 2.27. The number of hydrogen-bond donors (Lipinski definition) is 6. The third-order valence-corrected chi connectivity index (χ3v) is 4.75. The second kappa shape index (κ2) is 13.6. The Balaban J connectivity index is 3.04. The minimum absolute atomic E-state index is 0.0602. The molecule has 8 N–H and O–H groups in total. The van der Waals surface area contributed by atoms with Gasteiger partial charge in [0, 0.05) is 17.5 Å². The Morgan fingerprint density at radius 2 is 1.82 bits per heavy atom. The summed E-state index contributed by atoms with van der Waals surface area (Å²) >= 11 is 6.03. The van der Waals surface area contributed by atoms with Crippen LogP contribution in [0, 0.1) is 5.92 Å². The molecule has 0 bridgehead atoms. The van der Waals surface area contributed by atoms with Gasteiger partial charge in [-0.15, -0.1) is 0 Å². The Morgan fingerprint density at radius 1 is 1.15 bits per heavy atom. The maximum atomic E-state index is 12.9. The average Bonchev–Trinajstić information content (AvgIpc) is 2.72. The zero-order chi connectivity index (χ0) is 25.1. The summed E-state index contributed by atoms with van der Waals surface area (Å²) < 4.78 is 5.70. The number of primary amides is 1. The van der Waals surface area contributed by atoms with Crippen LogP contribution >= 0.6 is 11.6 Å². The number of carboxylic acid groups (broad SMARTS) is 1. The second-order valence-electron chi connectivity index (χ2n) is 7.95. The van der Waals surface area contributed by atoms with Crippen molar-refractivity contribution in [2.75, 3.05) is 13.2 Å². The van der Waals surface area contributed by atoms with Gasteiger partial charge in [0.25, 0.3) is 5.91 Å². The molecule has 0 spiro atoms. The van der Waals surface area contributed by atoms with Gasteiger partial charge in [-0.05, 0) is 37.0 Å². The first-order valence-electron chi connectivity index (χ1n) is 10.4. The standard InChI is InChI=1S/C21H31ClN4O7/c1-11(2)7-13(23)10-33-17-8-12(22)3-4-14(17)19(29)25-15(5-6-18(24)28)20(30)26-16(9-27)21(31)32/h3-4,8,11,13,15-16,27H,5-7,9-10,23H2,1-2H3,(H2,24,28)(H,25,29)(H,26,30)(H,31,32)/t13-,15+,16+/m1/s1. The molecular formula is C21H31ClN4O7. The van der Waals surface area contributed by atoms with E-state index in [0.29, 0.717) is 17.4 Å². The van der Waals surface area contributed by atoms with Crippen LogP contribution in [0.1, 0.15) is 43.5 Å². The zero-order valence-corrected chi connectivity index (χ0v) is 19.3. The van der Waals surface area contributed by atoms with E-state index in [1.807, 2.05) is 13.8 Å². The molecule has 0 aliphatic carbocycles. The molecule has 0 radical (unpaired) electrons. The molecule has 0 aliphatic heterocycles. The molecule has 184 valence electrons. The minimum Gasteiger partial charge on any atom is -0.491 e. The third-order valence-electron chi connectivity index (χ3n) is 4.51. The molecule has 1 aromatic rings. The van der Waals surface area contributed by atoms with Crippen molar-refractivity contribution in [1.29, 1.82) is 0 Å². The number of rotatable bonds is 14. The lowest BCUT2D eigenvalue weighted by Crippen LogP contribution is -2.53. The molecule has 0 unspecified atom stereocenters. The first-order valence-corrected chi connectivity index (χ1v) is 10.7. The molecule has 3 amide bonds. The van der Waals surface area contributed by atoms with Crippen LogP contribution in [0.5, 0.6) is 5.75 Å². The Bertz CT molecular complexity index is 850. The molecule has 12 heteroatoms. The molecule has 33 heavy (non-hydrogen) atoms. The van der Waals surface area contributed by atoms with E-state index in [4.69, 9.17) is 38.0 Å². The van der Waals surface area contributed by atoms with Crippen molar-refractivity contribution in [1.82, 2.24) is 10.6 Å². The molecule has 1 aromatic carbocycles. The molecule has 0 aliphatic rings. The van der Waals surface area contributed by atoms with Gasteiger partial charge in [-0.25, -0.2) is 4.79 Å². The second-order valence-corrected chi connectivity index (χ2v) is 8.39. The van der Waals surface area contributed by atoms with Crippen LogP contribution in [0.25, 0.3) is 0 Å². The largest absolute Gasteiger partial charge is 0.491 e. The van der Waals surface area contributed by atoms with E-state index in [9.17, 15) is 19.2 Å². The van der Waals surface area contributed by atoms with Crippen molar-refractivity contribution in [3.8, 4) is 5.75 Å². The molecule has 0 heterocycles. The number of carbonyl (C=O) groups is 4. The van der Waals surface area contributed by atoms with Crippen molar-refractivity contribution >= 4 is 35.3 Å². The van der Waals surface area contributed by atoms with Gasteiger partial charge in [-0.2, -0.15) is 0 Å². The van der Waals surface area contributed by atoms with Gasteiger partial charge >= 0.3 is 5.97 Å². The summed E-state index contributed by atoms with van der Waals surface area (Å²) in [6.07, 6.45) is 0.268. The molecule has 11 nitrogen and oxygen atoms in total. The quantitative estimate of drug-likeness (QED) is 0.211. The van der Waals surface area contributed by atoms with E-state index in [1.165, 1.54) is 18.2 Å².